The van der Waals surface area contributed by atoms with Crippen molar-refractivity contribution in [2.24, 2.45) is 0 Å². The van der Waals surface area contributed by atoms with Crippen LogP contribution in [0, 0.1) is 0 Å². The largest absolute Gasteiger partial charge is 0.469 e. The molecule has 2 heterocycles. The number of aromatic nitrogens is 3. The molecule has 0 bridgehead atoms. The van der Waals surface area contributed by atoms with Crippen LogP contribution in [0.2, 0.25) is 0 Å². The Morgan fingerprint density at radius 3 is 2.95 bits per heavy atom. The van der Waals surface area contributed by atoms with Gasteiger partial charge in [0.1, 0.15) is 5.82 Å². The summed E-state index contributed by atoms with van der Waals surface area (Å²) in [6, 6.07) is 1.86. The average molecular weight is 357 g/mol. The minimum atomic E-state index is -0.246. The van der Waals surface area contributed by atoms with Crippen LogP contribution in [0.25, 0.3) is 5.65 Å². The standard InChI is InChI=1S/C13H17BrN4O3/c1-20-8-7-17(5-4-12(19)21-2)11-3-6-18-13(16-11)10(14)9-15-18/h3,6,9H,4-5,7-8H2,1-2H3. The van der Waals surface area contributed by atoms with Gasteiger partial charge < -0.3 is 14.4 Å². The Hall–Kier alpha value is -1.67. The number of carbonyl (C=O) groups excluding carboxylic acids is 1. The van der Waals surface area contributed by atoms with Crippen LogP contribution in [0.1, 0.15) is 6.42 Å². The van der Waals surface area contributed by atoms with Gasteiger partial charge in [-0.05, 0) is 22.0 Å². The Bertz CT molecular complexity index is 616. The van der Waals surface area contributed by atoms with Crippen molar-refractivity contribution in [2.75, 3.05) is 38.8 Å². The molecule has 0 amide bonds. The zero-order chi connectivity index (χ0) is 15.2. The van der Waals surface area contributed by atoms with Crippen LogP contribution < -0.4 is 4.90 Å². The summed E-state index contributed by atoms with van der Waals surface area (Å²) < 4.78 is 12.3. The predicted molar refractivity (Wildman–Crippen MR) is 81.4 cm³/mol. The first-order chi connectivity index (χ1) is 10.2. The molecule has 0 aliphatic carbocycles. The second-order valence-corrected chi connectivity index (χ2v) is 5.21. The molecule has 8 heteroatoms. The van der Waals surface area contributed by atoms with E-state index in [0.717, 1.165) is 15.9 Å². The van der Waals surface area contributed by atoms with Crippen molar-refractivity contribution in [2.45, 2.75) is 6.42 Å². The van der Waals surface area contributed by atoms with Crippen molar-refractivity contribution < 1.29 is 14.3 Å². The zero-order valence-electron chi connectivity index (χ0n) is 12.0. The van der Waals surface area contributed by atoms with Gasteiger partial charge in [-0.25, -0.2) is 9.50 Å². The molecule has 0 spiro atoms. The van der Waals surface area contributed by atoms with Gasteiger partial charge in [-0.3, -0.25) is 4.79 Å². The molecule has 0 fully saturated rings. The molecule has 0 N–H and O–H groups in total. The maximum absolute atomic E-state index is 11.3. The van der Waals surface area contributed by atoms with Crippen molar-refractivity contribution in [1.82, 2.24) is 14.6 Å². The summed E-state index contributed by atoms with van der Waals surface area (Å²) in [6.07, 6.45) is 3.83. The molecule has 0 aliphatic heterocycles. The lowest BCUT2D eigenvalue weighted by Crippen LogP contribution is -2.30. The smallest absolute Gasteiger partial charge is 0.307 e. The van der Waals surface area contributed by atoms with Crippen LogP contribution >= 0.6 is 15.9 Å². The lowest BCUT2D eigenvalue weighted by Gasteiger charge is -2.22. The quantitative estimate of drug-likeness (QED) is 0.700. The normalized spacial score (nSPS) is 10.8. The van der Waals surface area contributed by atoms with Gasteiger partial charge in [0.15, 0.2) is 5.65 Å². The van der Waals surface area contributed by atoms with Crippen molar-refractivity contribution in [3.05, 3.63) is 22.9 Å². The molecule has 0 aliphatic rings. The molecule has 0 atom stereocenters. The molecule has 0 saturated carbocycles. The molecule has 0 radical (unpaired) electrons. The molecule has 7 nitrogen and oxygen atoms in total. The van der Waals surface area contributed by atoms with E-state index in [0.29, 0.717) is 26.1 Å². The Labute approximate surface area is 131 Å². The number of anilines is 1. The average Bonchev–Trinajstić information content (AvgIpc) is 2.88. The maximum atomic E-state index is 11.3. The fraction of sp³-hybridized carbons (Fsp3) is 0.462. The molecule has 2 aromatic heterocycles. The number of halogens is 1. The Kier molecular flexibility index (Phi) is 5.51. The highest BCUT2D eigenvalue weighted by Crippen LogP contribution is 2.19. The van der Waals surface area contributed by atoms with E-state index in [1.165, 1.54) is 7.11 Å². The number of methoxy groups -OCH3 is 2. The molecule has 0 aromatic carbocycles. The number of esters is 1. The van der Waals surface area contributed by atoms with Gasteiger partial charge in [0.2, 0.25) is 0 Å². The lowest BCUT2D eigenvalue weighted by molar-refractivity contribution is -0.140. The van der Waals surface area contributed by atoms with Crippen LogP contribution in [0.4, 0.5) is 5.82 Å². The second kappa shape index (κ2) is 7.37. The number of hydrogen-bond acceptors (Lipinski definition) is 6. The van der Waals surface area contributed by atoms with Gasteiger partial charge in [-0.1, -0.05) is 0 Å². The minimum Gasteiger partial charge on any atom is -0.469 e. The monoisotopic (exact) mass is 356 g/mol. The van der Waals surface area contributed by atoms with E-state index < -0.39 is 0 Å². The van der Waals surface area contributed by atoms with E-state index in [-0.39, 0.29) is 5.97 Å². The highest BCUT2D eigenvalue weighted by atomic mass is 79.9. The third kappa shape index (κ3) is 3.92. The molecule has 0 saturated heterocycles. The van der Waals surface area contributed by atoms with E-state index in [1.54, 1.807) is 17.8 Å². The summed E-state index contributed by atoms with van der Waals surface area (Å²) in [5.41, 5.74) is 0.730. The number of carbonyl (C=O) groups is 1. The highest BCUT2D eigenvalue weighted by molar-refractivity contribution is 9.10. The van der Waals surface area contributed by atoms with Crippen LogP contribution in [-0.4, -0.2) is 54.5 Å². The zero-order valence-corrected chi connectivity index (χ0v) is 13.5. The number of nitrogens with zero attached hydrogens (tertiary/aromatic N) is 4. The third-order valence-electron chi connectivity index (χ3n) is 3.01. The fourth-order valence-corrected chi connectivity index (χ4v) is 2.24. The second-order valence-electron chi connectivity index (χ2n) is 4.35. The van der Waals surface area contributed by atoms with Crippen LogP contribution in [-0.2, 0) is 14.3 Å². The topological polar surface area (TPSA) is 69.0 Å². The van der Waals surface area contributed by atoms with Crippen molar-refractivity contribution in [3.63, 3.8) is 0 Å². The molecule has 2 aromatic rings. The number of rotatable bonds is 7. The summed E-state index contributed by atoms with van der Waals surface area (Å²) in [4.78, 5) is 17.9. The summed E-state index contributed by atoms with van der Waals surface area (Å²) in [6.45, 7) is 1.71. The maximum Gasteiger partial charge on any atom is 0.307 e. The summed E-state index contributed by atoms with van der Waals surface area (Å²) >= 11 is 3.41. The van der Waals surface area contributed by atoms with Gasteiger partial charge >= 0.3 is 5.97 Å². The minimum absolute atomic E-state index is 0.246. The van der Waals surface area contributed by atoms with Gasteiger partial charge in [0.05, 0.1) is 30.8 Å². The van der Waals surface area contributed by atoms with Crippen LogP contribution in [0.15, 0.2) is 22.9 Å². The first kappa shape index (κ1) is 15.7. The Morgan fingerprint density at radius 2 is 2.24 bits per heavy atom. The summed E-state index contributed by atoms with van der Waals surface area (Å²) in [7, 11) is 3.03. The first-order valence-electron chi connectivity index (χ1n) is 6.46. The summed E-state index contributed by atoms with van der Waals surface area (Å²) in [5, 5.41) is 4.16. The van der Waals surface area contributed by atoms with Crippen LogP contribution in [0.3, 0.4) is 0 Å². The van der Waals surface area contributed by atoms with Crippen molar-refractivity contribution in [3.8, 4) is 0 Å². The van der Waals surface area contributed by atoms with Gasteiger partial charge in [-0.2, -0.15) is 5.10 Å². The van der Waals surface area contributed by atoms with E-state index in [1.807, 2.05) is 17.2 Å². The molecular formula is C13H17BrN4O3. The van der Waals surface area contributed by atoms with E-state index in [9.17, 15) is 4.79 Å². The fourth-order valence-electron chi connectivity index (χ4n) is 1.88. The van der Waals surface area contributed by atoms with Crippen LogP contribution in [0.5, 0.6) is 0 Å². The predicted octanol–water partition coefficient (Wildman–Crippen LogP) is 1.51. The molecule has 114 valence electrons. The third-order valence-corrected chi connectivity index (χ3v) is 3.57. The van der Waals surface area contributed by atoms with E-state index >= 15 is 0 Å². The number of fused-ring (bicyclic) bond motifs is 1. The molecular weight excluding hydrogens is 340 g/mol. The molecule has 2 rings (SSSR count). The number of ether oxygens (including phenoxy) is 2. The lowest BCUT2D eigenvalue weighted by atomic mass is 10.3. The van der Waals surface area contributed by atoms with Gasteiger partial charge in [-0.15, -0.1) is 0 Å². The SMILES string of the molecule is COCCN(CCC(=O)OC)c1ccn2ncc(Br)c2n1. The van der Waals surface area contributed by atoms with Gasteiger partial charge in [0, 0.05) is 26.4 Å². The first-order valence-corrected chi connectivity index (χ1v) is 7.25. The van der Waals surface area contributed by atoms with E-state index in [4.69, 9.17) is 4.74 Å². The molecule has 0 unspecified atom stereocenters. The van der Waals surface area contributed by atoms with Gasteiger partial charge in [0.25, 0.3) is 0 Å². The van der Waals surface area contributed by atoms with Crippen molar-refractivity contribution >= 4 is 33.4 Å². The van der Waals surface area contributed by atoms with Crippen molar-refractivity contribution in [1.29, 1.82) is 0 Å². The molecule has 21 heavy (non-hydrogen) atoms. The highest BCUT2D eigenvalue weighted by Gasteiger charge is 2.12. The Morgan fingerprint density at radius 1 is 1.43 bits per heavy atom. The number of hydrogen-bond donors (Lipinski definition) is 0. The Balaban J connectivity index is 2.19. The summed E-state index contributed by atoms with van der Waals surface area (Å²) in [5.74, 6) is 0.522. The van der Waals surface area contributed by atoms with E-state index in [2.05, 4.69) is 30.7 Å².